The van der Waals surface area contributed by atoms with Gasteiger partial charge in [0.15, 0.2) is 6.61 Å². The van der Waals surface area contributed by atoms with Gasteiger partial charge in [-0.3, -0.25) is 9.78 Å². The van der Waals surface area contributed by atoms with E-state index >= 15 is 0 Å². The molecule has 0 unspecified atom stereocenters. The Hall–Kier alpha value is -2.08. The molecule has 2 aromatic rings. The third kappa shape index (κ3) is 4.22. The van der Waals surface area contributed by atoms with Crippen molar-refractivity contribution >= 4 is 27.5 Å². The maximum atomic E-state index is 12.2. The molecule has 2 heterocycles. The van der Waals surface area contributed by atoms with Crippen molar-refractivity contribution in [2.24, 2.45) is 0 Å². The average Bonchev–Trinajstić information content (AvgIpc) is 2.62. The summed E-state index contributed by atoms with van der Waals surface area (Å²) in [4.78, 5) is 20.4. The predicted octanol–water partition coefficient (Wildman–Crippen LogP) is 2.57. The Morgan fingerprint density at radius 2 is 1.70 bits per heavy atom. The molecule has 1 aliphatic heterocycles. The number of nitrogens with zero attached hydrogens (tertiary/aromatic N) is 3. The summed E-state index contributed by atoms with van der Waals surface area (Å²) in [6.45, 7) is 3.16. The molecule has 23 heavy (non-hydrogen) atoms. The Morgan fingerprint density at radius 1 is 1.04 bits per heavy atom. The summed E-state index contributed by atoms with van der Waals surface area (Å²) in [5.74, 6) is 0.735. The molecule has 0 atom stereocenters. The second kappa shape index (κ2) is 7.46. The number of pyridine rings is 1. The zero-order valence-corrected chi connectivity index (χ0v) is 14.3. The maximum Gasteiger partial charge on any atom is 0.260 e. The molecule has 1 amide bonds. The Balaban J connectivity index is 1.47. The van der Waals surface area contributed by atoms with Gasteiger partial charge in [-0.05, 0) is 36.4 Å². The monoisotopic (exact) mass is 375 g/mol. The lowest BCUT2D eigenvalue weighted by molar-refractivity contribution is -0.133. The van der Waals surface area contributed by atoms with Crippen LogP contribution in [-0.4, -0.2) is 48.6 Å². The molecule has 0 radical (unpaired) electrons. The summed E-state index contributed by atoms with van der Waals surface area (Å²) < 4.78 is 6.54. The number of hydrogen-bond donors (Lipinski definition) is 0. The fourth-order valence-corrected chi connectivity index (χ4v) is 2.80. The highest BCUT2D eigenvalue weighted by atomic mass is 79.9. The quantitative estimate of drug-likeness (QED) is 0.823. The number of piperazine rings is 1. The number of rotatable bonds is 4. The van der Waals surface area contributed by atoms with Gasteiger partial charge >= 0.3 is 0 Å². The standard InChI is InChI=1S/C17H18BrN3O2/c18-14-1-3-16(4-2-14)23-13-17(22)21-11-9-20(10-12-21)15-5-7-19-8-6-15/h1-8H,9-13H2. The van der Waals surface area contributed by atoms with E-state index in [1.165, 1.54) is 0 Å². The van der Waals surface area contributed by atoms with Crippen LogP contribution in [0.2, 0.25) is 0 Å². The van der Waals surface area contributed by atoms with Crippen molar-refractivity contribution in [3.8, 4) is 5.75 Å². The van der Waals surface area contributed by atoms with E-state index in [0.717, 1.165) is 23.2 Å². The van der Waals surface area contributed by atoms with Crippen LogP contribution in [-0.2, 0) is 4.79 Å². The van der Waals surface area contributed by atoms with Crippen LogP contribution in [0.4, 0.5) is 5.69 Å². The number of anilines is 1. The summed E-state index contributed by atoms with van der Waals surface area (Å²) >= 11 is 3.37. The van der Waals surface area contributed by atoms with Crippen LogP contribution >= 0.6 is 15.9 Å². The van der Waals surface area contributed by atoms with Crippen molar-refractivity contribution in [3.63, 3.8) is 0 Å². The summed E-state index contributed by atoms with van der Waals surface area (Å²) in [7, 11) is 0. The van der Waals surface area contributed by atoms with E-state index in [1.807, 2.05) is 41.3 Å². The van der Waals surface area contributed by atoms with Crippen molar-refractivity contribution < 1.29 is 9.53 Å². The lowest BCUT2D eigenvalue weighted by Crippen LogP contribution is -2.50. The highest BCUT2D eigenvalue weighted by Gasteiger charge is 2.21. The second-order valence-electron chi connectivity index (χ2n) is 5.32. The Bertz CT molecular complexity index is 641. The van der Waals surface area contributed by atoms with E-state index in [4.69, 9.17) is 4.74 Å². The number of hydrogen-bond acceptors (Lipinski definition) is 4. The third-order valence-corrected chi connectivity index (χ3v) is 4.36. The van der Waals surface area contributed by atoms with Crippen molar-refractivity contribution in [2.45, 2.75) is 0 Å². The molecule has 0 N–H and O–H groups in total. The largest absolute Gasteiger partial charge is 0.484 e. The van der Waals surface area contributed by atoms with Crippen LogP contribution in [0.25, 0.3) is 0 Å². The summed E-state index contributed by atoms with van der Waals surface area (Å²) in [5, 5.41) is 0. The maximum absolute atomic E-state index is 12.2. The first-order chi connectivity index (χ1) is 11.2. The first-order valence-electron chi connectivity index (χ1n) is 7.53. The summed E-state index contributed by atoms with van der Waals surface area (Å²) in [6.07, 6.45) is 3.58. The molecular weight excluding hydrogens is 358 g/mol. The zero-order chi connectivity index (χ0) is 16.1. The van der Waals surface area contributed by atoms with E-state index in [0.29, 0.717) is 18.8 Å². The molecule has 120 valence electrons. The van der Waals surface area contributed by atoms with Gasteiger partial charge in [-0.25, -0.2) is 0 Å². The first-order valence-corrected chi connectivity index (χ1v) is 8.33. The van der Waals surface area contributed by atoms with Crippen LogP contribution in [0.5, 0.6) is 5.75 Å². The van der Waals surface area contributed by atoms with Crippen molar-refractivity contribution in [1.82, 2.24) is 9.88 Å². The van der Waals surface area contributed by atoms with Crippen LogP contribution in [0.15, 0.2) is 53.3 Å². The molecular formula is C17H18BrN3O2. The van der Waals surface area contributed by atoms with Crippen LogP contribution in [0.3, 0.4) is 0 Å². The van der Waals surface area contributed by atoms with Crippen LogP contribution in [0.1, 0.15) is 0 Å². The highest BCUT2D eigenvalue weighted by Crippen LogP contribution is 2.17. The molecule has 1 aromatic heterocycles. The molecule has 1 aromatic carbocycles. The molecule has 0 saturated carbocycles. The van der Waals surface area contributed by atoms with E-state index in [9.17, 15) is 4.79 Å². The molecule has 0 aliphatic carbocycles. The number of benzene rings is 1. The molecule has 0 spiro atoms. The third-order valence-electron chi connectivity index (χ3n) is 3.84. The van der Waals surface area contributed by atoms with E-state index < -0.39 is 0 Å². The summed E-state index contributed by atoms with van der Waals surface area (Å²) in [6, 6.07) is 11.5. The topological polar surface area (TPSA) is 45.7 Å². The van der Waals surface area contributed by atoms with Crippen LogP contribution in [0, 0.1) is 0 Å². The molecule has 1 fully saturated rings. The average molecular weight is 376 g/mol. The molecule has 3 rings (SSSR count). The predicted molar refractivity (Wildman–Crippen MR) is 92.7 cm³/mol. The molecule has 0 bridgehead atoms. The number of aromatic nitrogens is 1. The SMILES string of the molecule is O=C(COc1ccc(Br)cc1)N1CCN(c2ccncc2)CC1. The summed E-state index contributed by atoms with van der Waals surface area (Å²) in [5.41, 5.74) is 1.15. The van der Waals surface area contributed by atoms with Gasteiger partial charge in [0.25, 0.3) is 5.91 Å². The Labute approximate surface area is 144 Å². The number of halogens is 1. The minimum atomic E-state index is 0.0299. The van der Waals surface area contributed by atoms with E-state index in [-0.39, 0.29) is 12.5 Å². The van der Waals surface area contributed by atoms with Gasteiger partial charge in [0.05, 0.1) is 0 Å². The molecule has 1 aliphatic rings. The molecule has 5 nitrogen and oxygen atoms in total. The van der Waals surface area contributed by atoms with Crippen molar-refractivity contribution in [1.29, 1.82) is 0 Å². The van der Waals surface area contributed by atoms with Gasteiger partial charge in [0.1, 0.15) is 5.75 Å². The van der Waals surface area contributed by atoms with Crippen LogP contribution < -0.4 is 9.64 Å². The van der Waals surface area contributed by atoms with Crippen molar-refractivity contribution in [2.75, 3.05) is 37.7 Å². The fraction of sp³-hybridized carbons (Fsp3) is 0.294. The fourth-order valence-electron chi connectivity index (χ4n) is 2.54. The number of ether oxygens (including phenoxy) is 1. The minimum Gasteiger partial charge on any atom is -0.484 e. The highest BCUT2D eigenvalue weighted by molar-refractivity contribution is 9.10. The van der Waals surface area contributed by atoms with Gasteiger partial charge in [0.2, 0.25) is 0 Å². The number of amides is 1. The van der Waals surface area contributed by atoms with Gasteiger partial charge in [0, 0.05) is 48.7 Å². The molecule has 6 heteroatoms. The van der Waals surface area contributed by atoms with Gasteiger partial charge in [-0.15, -0.1) is 0 Å². The van der Waals surface area contributed by atoms with Crippen molar-refractivity contribution in [3.05, 3.63) is 53.3 Å². The zero-order valence-electron chi connectivity index (χ0n) is 12.7. The van der Waals surface area contributed by atoms with Gasteiger partial charge < -0.3 is 14.5 Å². The smallest absolute Gasteiger partial charge is 0.260 e. The Kier molecular flexibility index (Phi) is 5.12. The second-order valence-corrected chi connectivity index (χ2v) is 6.23. The molecule has 1 saturated heterocycles. The number of carbonyl (C=O) groups is 1. The first kappa shape index (κ1) is 15.8. The van der Waals surface area contributed by atoms with E-state index in [1.54, 1.807) is 12.4 Å². The lowest BCUT2D eigenvalue weighted by atomic mass is 10.2. The van der Waals surface area contributed by atoms with E-state index in [2.05, 4.69) is 25.8 Å². The number of carbonyl (C=O) groups excluding carboxylic acids is 1. The minimum absolute atomic E-state index is 0.0299. The van der Waals surface area contributed by atoms with Gasteiger partial charge in [-0.2, -0.15) is 0 Å². The lowest BCUT2D eigenvalue weighted by Gasteiger charge is -2.36. The Morgan fingerprint density at radius 3 is 2.35 bits per heavy atom. The normalized spacial score (nSPS) is 14.7. The van der Waals surface area contributed by atoms with Gasteiger partial charge in [-0.1, -0.05) is 15.9 Å².